The maximum absolute atomic E-state index is 11.2. The first kappa shape index (κ1) is 13.4. The highest BCUT2D eigenvalue weighted by molar-refractivity contribution is 5.75. The summed E-state index contributed by atoms with van der Waals surface area (Å²) in [4.78, 5) is 11.2. The molecular weight excluding hydrogens is 176 g/mol. The van der Waals surface area contributed by atoms with Crippen molar-refractivity contribution in [3.05, 3.63) is 0 Å². The molecule has 0 saturated carbocycles. The number of nitrogens with one attached hydrogen (secondary N) is 2. The zero-order valence-corrected chi connectivity index (χ0v) is 9.73. The van der Waals surface area contributed by atoms with Crippen molar-refractivity contribution in [1.82, 2.24) is 10.6 Å². The van der Waals surface area contributed by atoms with Crippen molar-refractivity contribution >= 4 is 5.91 Å². The van der Waals surface area contributed by atoms with Crippen molar-refractivity contribution in [3.8, 4) is 0 Å². The maximum atomic E-state index is 11.2. The first-order valence-electron chi connectivity index (χ1n) is 5.64. The fourth-order valence-corrected chi connectivity index (χ4v) is 1.12. The predicted octanol–water partition coefficient (Wildman–Crippen LogP) is 1.54. The smallest absolute Gasteiger partial charge is 0.220 e. The molecule has 0 unspecified atom stereocenters. The minimum atomic E-state index is 0.190. The monoisotopic (exact) mass is 200 g/mol. The zero-order chi connectivity index (χ0) is 10.8. The lowest BCUT2D eigenvalue weighted by Gasteiger charge is -2.07. The molecule has 0 aromatic rings. The van der Waals surface area contributed by atoms with Crippen LogP contribution in [-0.4, -0.2) is 25.5 Å². The van der Waals surface area contributed by atoms with Crippen molar-refractivity contribution < 1.29 is 4.79 Å². The molecule has 0 atom stereocenters. The minimum absolute atomic E-state index is 0.190. The fourth-order valence-electron chi connectivity index (χ4n) is 1.12. The van der Waals surface area contributed by atoms with E-state index >= 15 is 0 Å². The lowest BCUT2D eigenvalue weighted by molar-refractivity contribution is -0.121. The van der Waals surface area contributed by atoms with Gasteiger partial charge in [-0.3, -0.25) is 4.79 Å². The van der Waals surface area contributed by atoms with Gasteiger partial charge in [0.1, 0.15) is 0 Å². The molecule has 0 aliphatic carbocycles. The molecule has 0 saturated heterocycles. The van der Waals surface area contributed by atoms with Crippen LogP contribution in [0.5, 0.6) is 0 Å². The molecule has 0 aliphatic rings. The Morgan fingerprint density at radius 1 is 1.29 bits per heavy atom. The molecule has 1 amide bonds. The number of unbranched alkanes of at least 4 members (excludes halogenated alkanes) is 1. The van der Waals surface area contributed by atoms with E-state index in [0.29, 0.717) is 12.3 Å². The molecule has 3 nitrogen and oxygen atoms in total. The van der Waals surface area contributed by atoms with Gasteiger partial charge in [-0.25, -0.2) is 0 Å². The average molecular weight is 200 g/mol. The van der Waals surface area contributed by atoms with Gasteiger partial charge in [0, 0.05) is 13.0 Å². The third-order valence-electron chi connectivity index (χ3n) is 1.96. The molecular formula is C11H24N2O. The maximum Gasteiger partial charge on any atom is 0.220 e. The van der Waals surface area contributed by atoms with Gasteiger partial charge >= 0.3 is 0 Å². The second kappa shape index (κ2) is 9.00. The zero-order valence-electron chi connectivity index (χ0n) is 9.73. The van der Waals surface area contributed by atoms with Crippen LogP contribution in [-0.2, 0) is 4.79 Å². The Bertz CT molecular complexity index is 146. The van der Waals surface area contributed by atoms with E-state index in [1.165, 1.54) is 0 Å². The summed E-state index contributed by atoms with van der Waals surface area (Å²) < 4.78 is 0. The third-order valence-corrected chi connectivity index (χ3v) is 1.96. The van der Waals surface area contributed by atoms with E-state index < -0.39 is 0 Å². The summed E-state index contributed by atoms with van der Waals surface area (Å²) in [6.45, 7) is 9.13. The molecule has 3 heteroatoms. The van der Waals surface area contributed by atoms with Gasteiger partial charge in [0.2, 0.25) is 5.91 Å². The summed E-state index contributed by atoms with van der Waals surface area (Å²) in [5.41, 5.74) is 0. The van der Waals surface area contributed by atoms with E-state index in [1.54, 1.807) is 0 Å². The first-order valence-corrected chi connectivity index (χ1v) is 5.64. The number of carbonyl (C=O) groups is 1. The second-order valence-corrected chi connectivity index (χ2v) is 4.01. The summed E-state index contributed by atoms with van der Waals surface area (Å²) in [5.74, 6) is 0.732. The molecule has 14 heavy (non-hydrogen) atoms. The van der Waals surface area contributed by atoms with Crippen LogP contribution in [0.3, 0.4) is 0 Å². The standard InChI is InChI=1S/C11H24N2O/c1-4-12-8-6-5-7-11(14)13-9-10(2)3/h10,12H,4-9H2,1-3H3,(H,13,14). The molecule has 0 aliphatic heterocycles. The van der Waals surface area contributed by atoms with E-state index in [0.717, 1.165) is 32.5 Å². The Morgan fingerprint density at radius 2 is 2.00 bits per heavy atom. The summed E-state index contributed by atoms with van der Waals surface area (Å²) >= 11 is 0. The van der Waals surface area contributed by atoms with Gasteiger partial charge in [0.15, 0.2) is 0 Å². The number of hydrogen-bond acceptors (Lipinski definition) is 2. The molecule has 0 heterocycles. The van der Waals surface area contributed by atoms with Gasteiger partial charge < -0.3 is 10.6 Å². The molecule has 0 fully saturated rings. The number of carbonyl (C=O) groups excluding carboxylic acids is 1. The second-order valence-electron chi connectivity index (χ2n) is 4.01. The van der Waals surface area contributed by atoms with E-state index in [2.05, 4.69) is 31.4 Å². The number of hydrogen-bond donors (Lipinski definition) is 2. The molecule has 0 aromatic carbocycles. The van der Waals surface area contributed by atoms with Gasteiger partial charge in [0.25, 0.3) is 0 Å². The van der Waals surface area contributed by atoms with Crippen LogP contribution in [0.15, 0.2) is 0 Å². The Balaban J connectivity index is 3.18. The predicted molar refractivity (Wildman–Crippen MR) is 60.2 cm³/mol. The van der Waals surface area contributed by atoms with Gasteiger partial charge in [-0.1, -0.05) is 20.8 Å². The van der Waals surface area contributed by atoms with E-state index in [4.69, 9.17) is 0 Å². The lowest BCUT2D eigenvalue weighted by atomic mass is 10.2. The van der Waals surface area contributed by atoms with Crippen molar-refractivity contribution in [2.45, 2.75) is 40.0 Å². The highest BCUT2D eigenvalue weighted by atomic mass is 16.1. The summed E-state index contributed by atoms with van der Waals surface area (Å²) in [7, 11) is 0. The van der Waals surface area contributed by atoms with E-state index in [-0.39, 0.29) is 5.91 Å². The van der Waals surface area contributed by atoms with Gasteiger partial charge in [-0.15, -0.1) is 0 Å². The first-order chi connectivity index (χ1) is 6.66. The van der Waals surface area contributed by atoms with Crippen LogP contribution >= 0.6 is 0 Å². The molecule has 2 N–H and O–H groups in total. The highest BCUT2D eigenvalue weighted by Gasteiger charge is 2.01. The minimum Gasteiger partial charge on any atom is -0.356 e. The molecule has 0 aromatic heterocycles. The van der Waals surface area contributed by atoms with Gasteiger partial charge in [-0.2, -0.15) is 0 Å². The largest absolute Gasteiger partial charge is 0.356 e. The number of amides is 1. The number of rotatable bonds is 8. The SMILES string of the molecule is CCNCCCCC(=O)NCC(C)C. The van der Waals surface area contributed by atoms with Gasteiger partial charge in [-0.05, 0) is 31.8 Å². The van der Waals surface area contributed by atoms with E-state index in [1.807, 2.05) is 0 Å². The third kappa shape index (κ3) is 9.52. The Morgan fingerprint density at radius 3 is 2.57 bits per heavy atom. The normalized spacial score (nSPS) is 10.6. The van der Waals surface area contributed by atoms with Crippen molar-refractivity contribution in [3.63, 3.8) is 0 Å². The quantitative estimate of drug-likeness (QED) is 0.584. The Labute approximate surface area is 87.6 Å². The Kier molecular flexibility index (Phi) is 8.64. The van der Waals surface area contributed by atoms with Crippen LogP contribution in [0.1, 0.15) is 40.0 Å². The summed E-state index contributed by atoms with van der Waals surface area (Å²) in [6.07, 6.45) is 2.73. The Hall–Kier alpha value is -0.570. The summed E-state index contributed by atoms with van der Waals surface area (Å²) in [5, 5.41) is 6.15. The molecule has 84 valence electrons. The molecule has 0 spiro atoms. The van der Waals surface area contributed by atoms with Crippen molar-refractivity contribution in [2.75, 3.05) is 19.6 Å². The topological polar surface area (TPSA) is 41.1 Å². The summed E-state index contributed by atoms with van der Waals surface area (Å²) in [6, 6.07) is 0. The van der Waals surface area contributed by atoms with E-state index in [9.17, 15) is 4.79 Å². The van der Waals surface area contributed by atoms with Crippen molar-refractivity contribution in [2.24, 2.45) is 5.92 Å². The highest BCUT2D eigenvalue weighted by Crippen LogP contribution is 1.95. The molecule has 0 rings (SSSR count). The van der Waals surface area contributed by atoms with Crippen LogP contribution in [0.2, 0.25) is 0 Å². The molecule has 0 radical (unpaired) electrons. The lowest BCUT2D eigenvalue weighted by Crippen LogP contribution is -2.27. The van der Waals surface area contributed by atoms with Gasteiger partial charge in [0.05, 0.1) is 0 Å². The van der Waals surface area contributed by atoms with Crippen LogP contribution in [0.25, 0.3) is 0 Å². The van der Waals surface area contributed by atoms with Crippen molar-refractivity contribution in [1.29, 1.82) is 0 Å². The van der Waals surface area contributed by atoms with Crippen LogP contribution in [0, 0.1) is 5.92 Å². The molecule has 0 bridgehead atoms. The fraction of sp³-hybridized carbons (Fsp3) is 0.909. The average Bonchev–Trinajstić information content (AvgIpc) is 2.14. The van der Waals surface area contributed by atoms with Crippen LogP contribution < -0.4 is 10.6 Å². The van der Waals surface area contributed by atoms with Crippen LogP contribution in [0.4, 0.5) is 0 Å².